The molecule has 5 heteroatoms. The van der Waals surface area contributed by atoms with Crippen LogP contribution >= 0.6 is 0 Å². The molecule has 2 unspecified atom stereocenters. The summed E-state index contributed by atoms with van der Waals surface area (Å²) in [4.78, 5) is 11.4. The van der Waals surface area contributed by atoms with Crippen LogP contribution in [0.4, 0.5) is 0 Å². The van der Waals surface area contributed by atoms with Gasteiger partial charge in [-0.3, -0.25) is 10.2 Å². The summed E-state index contributed by atoms with van der Waals surface area (Å²) in [5.74, 6) is 6.17. The molecule has 1 aliphatic rings. The number of hydrogen-bond acceptors (Lipinski definition) is 4. The molecule has 1 amide bonds. The van der Waals surface area contributed by atoms with Crippen LogP contribution in [0.5, 0.6) is 5.75 Å². The largest absolute Gasteiger partial charge is 0.491 e. The first-order chi connectivity index (χ1) is 9.99. The van der Waals surface area contributed by atoms with E-state index in [1.807, 2.05) is 6.07 Å². The Morgan fingerprint density at radius 3 is 2.86 bits per heavy atom. The van der Waals surface area contributed by atoms with Gasteiger partial charge >= 0.3 is 0 Å². The van der Waals surface area contributed by atoms with E-state index in [4.69, 9.17) is 15.3 Å². The van der Waals surface area contributed by atoms with E-state index in [2.05, 4.69) is 38.3 Å². The molecular formula is C16H24N2O3. The number of amides is 1. The normalized spacial score (nSPS) is 21.6. The van der Waals surface area contributed by atoms with Gasteiger partial charge in [0.1, 0.15) is 18.5 Å². The Balaban J connectivity index is 1.91. The van der Waals surface area contributed by atoms with Gasteiger partial charge in [0.25, 0.3) is 5.91 Å². The fraction of sp³-hybridized carbons (Fsp3) is 0.562. The molecule has 0 aromatic heterocycles. The Morgan fingerprint density at radius 1 is 1.43 bits per heavy atom. The molecule has 0 bridgehead atoms. The third-order valence-electron chi connectivity index (χ3n) is 3.72. The molecule has 2 rings (SSSR count). The zero-order valence-electron chi connectivity index (χ0n) is 12.9. The number of carbonyl (C=O) groups is 1. The SMILES string of the molecule is Cc1cc(OCC2CCC(C(=O)NN)O2)cc(C(C)C)c1. The number of carbonyl (C=O) groups excluding carboxylic acids is 1. The average Bonchev–Trinajstić information content (AvgIpc) is 2.92. The molecule has 116 valence electrons. The fourth-order valence-corrected chi connectivity index (χ4v) is 2.50. The molecule has 0 aliphatic carbocycles. The molecule has 1 heterocycles. The highest BCUT2D eigenvalue weighted by atomic mass is 16.5. The molecule has 1 fully saturated rings. The number of ether oxygens (including phenoxy) is 2. The summed E-state index contributed by atoms with van der Waals surface area (Å²) in [6.07, 6.45) is 0.978. The summed E-state index contributed by atoms with van der Waals surface area (Å²) in [5.41, 5.74) is 4.57. The van der Waals surface area contributed by atoms with E-state index in [-0.39, 0.29) is 12.0 Å². The van der Waals surface area contributed by atoms with Gasteiger partial charge in [0.15, 0.2) is 0 Å². The van der Waals surface area contributed by atoms with Gasteiger partial charge in [-0.15, -0.1) is 0 Å². The number of aryl methyl sites for hydroxylation is 1. The van der Waals surface area contributed by atoms with Gasteiger partial charge in [0, 0.05) is 0 Å². The van der Waals surface area contributed by atoms with E-state index in [0.717, 1.165) is 12.2 Å². The lowest BCUT2D eigenvalue weighted by molar-refractivity contribution is -0.132. The number of benzene rings is 1. The molecule has 1 aliphatic heterocycles. The van der Waals surface area contributed by atoms with Crippen LogP contribution in [0.2, 0.25) is 0 Å². The molecule has 0 radical (unpaired) electrons. The number of hydrazine groups is 1. The summed E-state index contributed by atoms with van der Waals surface area (Å²) < 4.78 is 11.5. The molecule has 1 aromatic rings. The minimum Gasteiger partial charge on any atom is -0.491 e. The van der Waals surface area contributed by atoms with E-state index >= 15 is 0 Å². The van der Waals surface area contributed by atoms with Gasteiger partial charge < -0.3 is 9.47 Å². The highest BCUT2D eigenvalue weighted by Gasteiger charge is 2.30. The van der Waals surface area contributed by atoms with Crippen LogP contribution in [-0.4, -0.2) is 24.7 Å². The summed E-state index contributed by atoms with van der Waals surface area (Å²) in [6.45, 7) is 6.84. The van der Waals surface area contributed by atoms with Gasteiger partial charge in [0.2, 0.25) is 0 Å². The molecule has 3 N–H and O–H groups in total. The van der Waals surface area contributed by atoms with E-state index in [1.165, 1.54) is 11.1 Å². The molecule has 21 heavy (non-hydrogen) atoms. The predicted molar refractivity (Wildman–Crippen MR) is 81.0 cm³/mol. The summed E-state index contributed by atoms with van der Waals surface area (Å²) >= 11 is 0. The van der Waals surface area contributed by atoms with Crippen LogP contribution in [0.25, 0.3) is 0 Å². The second-order valence-corrected chi connectivity index (χ2v) is 5.88. The van der Waals surface area contributed by atoms with Crippen molar-refractivity contribution in [2.24, 2.45) is 5.84 Å². The minimum atomic E-state index is -0.452. The zero-order valence-corrected chi connectivity index (χ0v) is 12.9. The van der Waals surface area contributed by atoms with Crippen molar-refractivity contribution >= 4 is 5.91 Å². The third kappa shape index (κ3) is 4.19. The Labute approximate surface area is 125 Å². The van der Waals surface area contributed by atoms with Crippen LogP contribution < -0.4 is 16.0 Å². The maximum absolute atomic E-state index is 11.4. The Hall–Kier alpha value is -1.59. The van der Waals surface area contributed by atoms with Crippen LogP contribution in [-0.2, 0) is 9.53 Å². The lowest BCUT2D eigenvalue weighted by Crippen LogP contribution is -2.39. The second-order valence-electron chi connectivity index (χ2n) is 5.88. The second kappa shape index (κ2) is 6.91. The standard InChI is InChI=1S/C16H24N2O3/c1-10(2)12-6-11(3)7-14(8-12)20-9-13-4-5-15(21-13)16(19)18-17/h6-8,10,13,15H,4-5,9,17H2,1-3H3,(H,18,19). The summed E-state index contributed by atoms with van der Waals surface area (Å²) in [6, 6.07) is 6.26. The van der Waals surface area contributed by atoms with E-state index in [0.29, 0.717) is 18.9 Å². The summed E-state index contributed by atoms with van der Waals surface area (Å²) in [7, 11) is 0. The number of hydrogen-bond donors (Lipinski definition) is 2. The van der Waals surface area contributed by atoms with Crippen LogP contribution in [0, 0.1) is 6.92 Å². The summed E-state index contributed by atoms with van der Waals surface area (Å²) in [5, 5.41) is 0. The van der Waals surface area contributed by atoms with Gasteiger partial charge in [-0.05, 0) is 48.9 Å². The molecule has 0 saturated carbocycles. The number of nitrogens with two attached hydrogens (primary N) is 1. The lowest BCUT2D eigenvalue weighted by atomic mass is 10.0. The maximum atomic E-state index is 11.4. The highest BCUT2D eigenvalue weighted by molar-refractivity contribution is 5.80. The van der Waals surface area contributed by atoms with Crippen LogP contribution in [0.3, 0.4) is 0 Å². The molecule has 0 spiro atoms. The van der Waals surface area contributed by atoms with E-state index in [1.54, 1.807) is 0 Å². The Bertz CT molecular complexity index is 502. The lowest BCUT2D eigenvalue weighted by Gasteiger charge is -2.15. The van der Waals surface area contributed by atoms with Crippen molar-refractivity contribution in [1.82, 2.24) is 5.43 Å². The molecule has 5 nitrogen and oxygen atoms in total. The quantitative estimate of drug-likeness (QED) is 0.495. The van der Waals surface area contributed by atoms with Crippen molar-refractivity contribution in [3.05, 3.63) is 29.3 Å². The van der Waals surface area contributed by atoms with Crippen LogP contribution in [0.15, 0.2) is 18.2 Å². The van der Waals surface area contributed by atoms with Crippen molar-refractivity contribution in [2.75, 3.05) is 6.61 Å². The molecule has 2 atom stereocenters. The Kier molecular flexibility index (Phi) is 5.20. The predicted octanol–water partition coefficient (Wildman–Crippen LogP) is 2.03. The van der Waals surface area contributed by atoms with E-state index < -0.39 is 6.10 Å². The van der Waals surface area contributed by atoms with Gasteiger partial charge in [-0.2, -0.15) is 0 Å². The smallest absolute Gasteiger partial charge is 0.263 e. The van der Waals surface area contributed by atoms with Crippen molar-refractivity contribution in [3.63, 3.8) is 0 Å². The van der Waals surface area contributed by atoms with Crippen molar-refractivity contribution in [2.45, 2.75) is 51.7 Å². The first-order valence-corrected chi connectivity index (χ1v) is 7.40. The molecule has 1 saturated heterocycles. The molecular weight excluding hydrogens is 268 g/mol. The van der Waals surface area contributed by atoms with Gasteiger partial charge in [-0.25, -0.2) is 5.84 Å². The Morgan fingerprint density at radius 2 is 2.19 bits per heavy atom. The average molecular weight is 292 g/mol. The van der Waals surface area contributed by atoms with Gasteiger partial charge in [0.05, 0.1) is 6.10 Å². The van der Waals surface area contributed by atoms with E-state index in [9.17, 15) is 4.79 Å². The first-order valence-electron chi connectivity index (χ1n) is 7.40. The highest BCUT2D eigenvalue weighted by Crippen LogP contribution is 2.25. The topological polar surface area (TPSA) is 73.6 Å². The maximum Gasteiger partial charge on any atom is 0.263 e. The minimum absolute atomic E-state index is 0.0599. The van der Waals surface area contributed by atoms with Crippen LogP contribution in [0.1, 0.15) is 43.7 Å². The molecule has 1 aromatic carbocycles. The van der Waals surface area contributed by atoms with Crippen molar-refractivity contribution in [3.8, 4) is 5.75 Å². The number of rotatable bonds is 5. The fourth-order valence-electron chi connectivity index (χ4n) is 2.50. The van der Waals surface area contributed by atoms with Crippen molar-refractivity contribution < 1.29 is 14.3 Å². The zero-order chi connectivity index (χ0) is 15.4. The van der Waals surface area contributed by atoms with Gasteiger partial charge in [-0.1, -0.05) is 19.9 Å². The number of nitrogens with one attached hydrogen (secondary N) is 1. The first kappa shape index (κ1) is 15.8. The van der Waals surface area contributed by atoms with Crippen molar-refractivity contribution in [1.29, 1.82) is 0 Å². The third-order valence-corrected chi connectivity index (χ3v) is 3.72. The monoisotopic (exact) mass is 292 g/mol.